The van der Waals surface area contributed by atoms with Crippen LogP contribution in [-0.2, 0) is 7.05 Å². The molecule has 12 heavy (non-hydrogen) atoms. The lowest BCUT2D eigenvalue weighted by atomic mass is 10.0. The second kappa shape index (κ2) is 3.62. The lowest BCUT2D eigenvalue weighted by Gasteiger charge is -2.08. The highest BCUT2D eigenvalue weighted by Gasteiger charge is 2.12. The Kier molecular flexibility index (Phi) is 2.75. The Morgan fingerprint density at radius 3 is 2.58 bits per heavy atom. The van der Waals surface area contributed by atoms with Gasteiger partial charge < -0.3 is 5.73 Å². The van der Waals surface area contributed by atoms with Gasteiger partial charge in [-0.2, -0.15) is 4.80 Å². The maximum Gasteiger partial charge on any atom is 0.177 e. The van der Waals surface area contributed by atoms with Crippen LogP contribution in [0.5, 0.6) is 0 Å². The van der Waals surface area contributed by atoms with Crippen LogP contribution in [0.15, 0.2) is 0 Å². The maximum atomic E-state index is 5.65. The van der Waals surface area contributed by atoms with Crippen LogP contribution in [0.3, 0.4) is 0 Å². The summed E-state index contributed by atoms with van der Waals surface area (Å²) in [5, 5.41) is 11.8. The van der Waals surface area contributed by atoms with Gasteiger partial charge in [0.25, 0.3) is 0 Å². The summed E-state index contributed by atoms with van der Waals surface area (Å²) in [6.45, 7) is 4.03. The zero-order valence-corrected chi connectivity index (χ0v) is 7.73. The first-order valence-electron chi connectivity index (χ1n) is 4.09. The van der Waals surface area contributed by atoms with Crippen molar-refractivity contribution in [1.29, 1.82) is 0 Å². The third-order valence-electron chi connectivity index (χ3n) is 1.69. The summed E-state index contributed by atoms with van der Waals surface area (Å²) < 4.78 is 0. The molecule has 1 aromatic heterocycles. The Morgan fingerprint density at radius 2 is 2.17 bits per heavy atom. The second-order valence-electron chi connectivity index (χ2n) is 3.25. The van der Waals surface area contributed by atoms with E-state index in [-0.39, 0.29) is 6.04 Å². The van der Waals surface area contributed by atoms with Gasteiger partial charge in [0, 0.05) is 12.0 Å². The van der Waals surface area contributed by atoms with Crippen molar-refractivity contribution in [2.75, 3.05) is 0 Å². The summed E-state index contributed by atoms with van der Waals surface area (Å²) in [6.07, 6.45) is 0.895. The summed E-state index contributed by atoms with van der Waals surface area (Å²) in [6, 6.07) is 0.184. The first-order valence-corrected chi connectivity index (χ1v) is 4.09. The van der Waals surface area contributed by atoms with Gasteiger partial charge in [-0.1, -0.05) is 6.92 Å². The molecule has 68 valence electrons. The fourth-order valence-electron chi connectivity index (χ4n) is 1.16. The Balaban J connectivity index is 2.58. The average Bonchev–Trinajstić information content (AvgIpc) is 2.34. The minimum absolute atomic E-state index is 0.184. The van der Waals surface area contributed by atoms with Crippen molar-refractivity contribution in [2.45, 2.75) is 32.2 Å². The number of aromatic nitrogens is 4. The van der Waals surface area contributed by atoms with Crippen molar-refractivity contribution in [1.82, 2.24) is 20.2 Å². The quantitative estimate of drug-likeness (QED) is 0.694. The van der Waals surface area contributed by atoms with E-state index < -0.39 is 0 Å². The normalized spacial score (nSPS) is 16.0. The molecule has 0 aliphatic heterocycles. The summed E-state index contributed by atoms with van der Waals surface area (Å²) in [5.74, 6) is 1.06. The molecule has 1 heterocycles. The fourth-order valence-corrected chi connectivity index (χ4v) is 1.16. The van der Waals surface area contributed by atoms with Crippen LogP contribution in [0.25, 0.3) is 0 Å². The van der Waals surface area contributed by atoms with Crippen molar-refractivity contribution in [2.24, 2.45) is 12.8 Å². The average molecular weight is 169 g/mol. The smallest absolute Gasteiger partial charge is 0.177 e. The van der Waals surface area contributed by atoms with Gasteiger partial charge in [-0.3, -0.25) is 0 Å². The van der Waals surface area contributed by atoms with E-state index in [1.54, 1.807) is 7.05 Å². The molecule has 0 bridgehead atoms. The standard InChI is InChI=1S/C7H15N5/c1-5(4-6(2)8)7-9-11-12(3)10-7/h5-6H,4,8H2,1-3H3. The number of rotatable bonds is 3. The molecule has 5 heteroatoms. The summed E-state index contributed by atoms with van der Waals surface area (Å²) in [5.41, 5.74) is 5.65. The van der Waals surface area contributed by atoms with E-state index >= 15 is 0 Å². The summed E-state index contributed by atoms with van der Waals surface area (Å²) in [4.78, 5) is 1.47. The molecule has 0 saturated heterocycles. The van der Waals surface area contributed by atoms with E-state index in [1.807, 2.05) is 6.92 Å². The van der Waals surface area contributed by atoms with Crippen LogP contribution in [-0.4, -0.2) is 26.2 Å². The molecule has 0 aliphatic carbocycles. The summed E-state index contributed by atoms with van der Waals surface area (Å²) >= 11 is 0. The van der Waals surface area contributed by atoms with Gasteiger partial charge in [-0.15, -0.1) is 10.2 Å². The molecule has 0 radical (unpaired) electrons. The van der Waals surface area contributed by atoms with Crippen molar-refractivity contribution in [3.05, 3.63) is 5.82 Å². The number of hydrogen-bond acceptors (Lipinski definition) is 4. The van der Waals surface area contributed by atoms with Crippen LogP contribution in [0.4, 0.5) is 0 Å². The molecule has 0 saturated carbocycles. The number of nitrogens with zero attached hydrogens (tertiary/aromatic N) is 4. The zero-order valence-electron chi connectivity index (χ0n) is 7.73. The molecule has 5 nitrogen and oxygen atoms in total. The van der Waals surface area contributed by atoms with E-state index in [9.17, 15) is 0 Å². The number of tetrazole rings is 1. The molecule has 2 unspecified atom stereocenters. The molecular formula is C7H15N5. The zero-order chi connectivity index (χ0) is 9.14. The molecule has 2 N–H and O–H groups in total. The topological polar surface area (TPSA) is 69.6 Å². The lowest BCUT2D eigenvalue weighted by molar-refractivity contribution is 0.557. The minimum atomic E-state index is 0.184. The predicted molar refractivity (Wildman–Crippen MR) is 45.5 cm³/mol. The predicted octanol–water partition coefficient (Wildman–Crippen LogP) is 0.0509. The molecule has 0 amide bonds. The third kappa shape index (κ3) is 2.27. The fraction of sp³-hybridized carbons (Fsp3) is 0.857. The van der Waals surface area contributed by atoms with E-state index in [2.05, 4.69) is 22.3 Å². The molecule has 1 aromatic rings. The molecule has 1 rings (SSSR count). The first-order chi connectivity index (χ1) is 5.59. The van der Waals surface area contributed by atoms with Crippen LogP contribution in [0, 0.1) is 0 Å². The van der Waals surface area contributed by atoms with E-state index in [4.69, 9.17) is 5.73 Å². The van der Waals surface area contributed by atoms with Crippen LogP contribution in [0.2, 0.25) is 0 Å². The van der Waals surface area contributed by atoms with Crippen LogP contribution >= 0.6 is 0 Å². The van der Waals surface area contributed by atoms with Gasteiger partial charge in [0.15, 0.2) is 5.82 Å². The Bertz CT molecular complexity index is 242. The third-order valence-corrected chi connectivity index (χ3v) is 1.69. The highest BCUT2D eigenvalue weighted by molar-refractivity contribution is 4.89. The number of aryl methyl sites for hydroxylation is 1. The Morgan fingerprint density at radius 1 is 1.50 bits per heavy atom. The van der Waals surface area contributed by atoms with Gasteiger partial charge in [0.1, 0.15) is 0 Å². The maximum absolute atomic E-state index is 5.65. The van der Waals surface area contributed by atoms with Gasteiger partial charge >= 0.3 is 0 Å². The minimum Gasteiger partial charge on any atom is -0.328 e. The highest BCUT2D eigenvalue weighted by Crippen LogP contribution is 2.14. The summed E-state index contributed by atoms with van der Waals surface area (Å²) in [7, 11) is 1.76. The Hall–Kier alpha value is -0.970. The van der Waals surface area contributed by atoms with Gasteiger partial charge in [0.05, 0.1) is 7.05 Å². The molecule has 2 atom stereocenters. The largest absolute Gasteiger partial charge is 0.328 e. The SMILES string of the molecule is CC(N)CC(C)c1nnn(C)n1. The monoisotopic (exact) mass is 169 g/mol. The number of nitrogens with two attached hydrogens (primary N) is 1. The molecular weight excluding hydrogens is 154 g/mol. The molecule has 0 aliphatic rings. The van der Waals surface area contributed by atoms with Gasteiger partial charge in [0.2, 0.25) is 0 Å². The highest BCUT2D eigenvalue weighted by atomic mass is 15.6. The Labute approximate surface area is 71.9 Å². The number of hydrogen-bond donors (Lipinski definition) is 1. The van der Waals surface area contributed by atoms with Crippen molar-refractivity contribution in [3.63, 3.8) is 0 Å². The van der Waals surface area contributed by atoms with E-state index in [1.165, 1.54) is 4.80 Å². The van der Waals surface area contributed by atoms with E-state index in [0.717, 1.165) is 12.2 Å². The molecule has 0 fully saturated rings. The van der Waals surface area contributed by atoms with Crippen molar-refractivity contribution < 1.29 is 0 Å². The van der Waals surface area contributed by atoms with Gasteiger partial charge in [-0.05, 0) is 18.6 Å². The van der Waals surface area contributed by atoms with Crippen LogP contribution < -0.4 is 5.73 Å². The first kappa shape index (κ1) is 9.12. The second-order valence-corrected chi connectivity index (χ2v) is 3.25. The lowest BCUT2D eigenvalue weighted by Crippen LogP contribution is -2.18. The molecule has 0 aromatic carbocycles. The van der Waals surface area contributed by atoms with Crippen LogP contribution in [0.1, 0.15) is 32.0 Å². The van der Waals surface area contributed by atoms with Gasteiger partial charge in [-0.25, -0.2) is 0 Å². The van der Waals surface area contributed by atoms with E-state index in [0.29, 0.717) is 5.92 Å². The molecule has 0 spiro atoms. The van der Waals surface area contributed by atoms with Crippen molar-refractivity contribution in [3.8, 4) is 0 Å². The van der Waals surface area contributed by atoms with Crippen molar-refractivity contribution >= 4 is 0 Å².